The average Bonchev–Trinajstić information content (AvgIpc) is 1.37. The van der Waals surface area contributed by atoms with Crippen molar-refractivity contribution < 1.29 is 14.4 Å². The molecular formula is FeS3. The molecule has 0 aliphatic rings. The van der Waals surface area contributed by atoms with Gasteiger partial charge in [-0.1, -0.05) is 0 Å². The first-order chi connectivity index (χ1) is 1.91. The summed E-state index contributed by atoms with van der Waals surface area (Å²) in [6.07, 6.45) is 0. The second kappa shape index (κ2) is 4.18. The number of rotatable bonds is 0. The van der Waals surface area contributed by atoms with Gasteiger partial charge in [0.1, 0.15) is 0 Å². The van der Waals surface area contributed by atoms with E-state index in [9.17, 15) is 0 Å². The minimum atomic E-state index is 1.25. The molecule has 0 amide bonds. The monoisotopic (exact) mass is 152 g/mol. The molecule has 0 aromatic carbocycles. The van der Waals surface area contributed by atoms with Crippen LogP contribution in [0.1, 0.15) is 0 Å². The van der Waals surface area contributed by atoms with Gasteiger partial charge in [0, 0.05) is 0 Å². The second-order valence-corrected chi connectivity index (χ2v) is 4.02. The summed E-state index contributed by atoms with van der Waals surface area (Å²) in [5.41, 5.74) is 0. The van der Waals surface area contributed by atoms with Crippen LogP contribution in [0.2, 0.25) is 0 Å². The summed E-state index contributed by atoms with van der Waals surface area (Å²) in [6, 6.07) is 0. The SMILES string of the molecule is S=S=[S]=[Fe]. The molecule has 4 heavy (non-hydrogen) atoms. The van der Waals surface area contributed by atoms with E-state index in [0.29, 0.717) is 0 Å². The Kier molecular flexibility index (Phi) is 5.41. The Hall–Kier alpha value is 1.18. The van der Waals surface area contributed by atoms with Gasteiger partial charge in [-0.15, -0.1) is 0 Å². The zero-order chi connectivity index (χ0) is 3.41. The Morgan fingerprint density at radius 2 is 2.00 bits per heavy atom. The van der Waals surface area contributed by atoms with Crippen LogP contribution in [0.25, 0.3) is 0 Å². The van der Waals surface area contributed by atoms with Gasteiger partial charge in [-0.05, 0) is 0 Å². The molecule has 0 atom stereocenters. The number of hydrogen-bond donors (Lipinski definition) is 0. The normalized spacial score (nSPS) is 5.25. The summed E-state index contributed by atoms with van der Waals surface area (Å²) < 4.78 is 0. The van der Waals surface area contributed by atoms with Crippen molar-refractivity contribution in [2.75, 3.05) is 0 Å². The van der Waals surface area contributed by atoms with Crippen molar-refractivity contribution in [1.82, 2.24) is 0 Å². The van der Waals surface area contributed by atoms with E-state index in [1.165, 1.54) is 17.1 Å². The third-order valence-electron chi connectivity index (χ3n) is 0.0241. The summed E-state index contributed by atoms with van der Waals surface area (Å²) in [5.74, 6) is 0. The molecule has 0 saturated heterocycles. The van der Waals surface area contributed by atoms with Crippen LogP contribution >= 0.6 is 0 Å². The van der Waals surface area contributed by atoms with Gasteiger partial charge in [0.25, 0.3) is 0 Å². The Labute approximate surface area is 42.7 Å². The molecule has 26 valence electrons. The molecule has 0 aliphatic heterocycles. The van der Waals surface area contributed by atoms with Crippen molar-refractivity contribution >= 4 is 28.3 Å². The topological polar surface area (TPSA) is 0 Å². The molecule has 0 radical (unpaired) electrons. The van der Waals surface area contributed by atoms with E-state index in [0.717, 1.165) is 0 Å². The van der Waals surface area contributed by atoms with E-state index in [1.54, 1.807) is 0 Å². The first kappa shape index (κ1) is 5.18. The summed E-state index contributed by atoms with van der Waals surface area (Å²) >= 11 is 7.75. The van der Waals surface area contributed by atoms with E-state index < -0.39 is 0 Å². The van der Waals surface area contributed by atoms with Crippen molar-refractivity contribution in [2.45, 2.75) is 0 Å². The third kappa shape index (κ3) is 3.18. The Morgan fingerprint density at radius 1 is 1.75 bits per heavy atom. The predicted molar refractivity (Wildman–Crippen MR) is 22.1 cm³/mol. The van der Waals surface area contributed by atoms with E-state index >= 15 is 0 Å². The fraction of sp³-hybridized carbons (Fsp3) is 0. The van der Waals surface area contributed by atoms with Crippen LogP contribution in [-0.2, 0) is 42.7 Å². The van der Waals surface area contributed by atoms with Crippen molar-refractivity contribution in [3.8, 4) is 0 Å². The van der Waals surface area contributed by atoms with Crippen LogP contribution < -0.4 is 0 Å². The molecule has 0 aromatic rings. The average molecular weight is 152 g/mol. The summed E-state index contributed by atoms with van der Waals surface area (Å²) in [5, 5.41) is 0. The van der Waals surface area contributed by atoms with Crippen LogP contribution in [-0.4, -0.2) is 0 Å². The summed E-state index contributed by atoms with van der Waals surface area (Å²) in [4.78, 5) is 0. The molecule has 0 rings (SSSR count). The van der Waals surface area contributed by atoms with Crippen LogP contribution in [0.5, 0.6) is 0 Å². The van der Waals surface area contributed by atoms with E-state index in [1.807, 2.05) is 0 Å². The first-order valence-electron chi connectivity index (χ1n) is 0.478. The molecule has 0 nitrogen and oxygen atoms in total. The molecule has 0 aromatic heterocycles. The molecule has 0 aliphatic carbocycles. The minimum absolute atomic E-state index is 1.25. The van der Waals surface area contributed by atoms with Gasteiger partial charge in [-0.3, -0.25) is 0 Å². The third-order valence-corrected chi connectivity index (χ3v) is 2.68. The quantitative estimate of drug-likeness (QED) is 0.440. The molecule has 0 bridgehead atoms. The van der Waals surface area contributed by atoms with Crippen LogP contribution in [0.3, 0.4) is 0 Å². The van der Waals surface area contributed by atoms with Crippen molar-refractivity contribution in [2.24, 2.45) is 0 Å². The van der Waals surface area contributed by atoms with E-state index in [2.05, 4.69) is 25.6 Å². The van der Waals surface area contributed by atoms with Gasteiger partial charge >= 0.3 is 42.7 Å². The predicted octanol–water partition coefficient (Wildman–Crippen LogP) is -0.00970. The van der Waals surface area contributed by atoms with Crippen molar-refractivity contribution in [1.29, 1.82) is 0 Å². The molecule has 0 heterocycles. The van der Waals surface area contributed by atoms with Gasteiger partial charge in [0.2, 0.25) is 0 Å². The van der Waals surface area contributed by atoms with Crippen molar-refractivity contribution in [3.05, 3.63) is 0 Å². The second-order valence-electron chi connectivity index (χ2n) is 0.127. The molecule has 0 fully saturated rings. The Balaban J connectivity index is 3.95. The summed E-state index contributed by atoms with van der Waals surface area (Å²) in [7, 11) is 2.58. The molecule has 0 N–H and O–H groups in total. The van der Waals surface area contributed by atoms with Gasteiger partial charge in [-0.25, -0.2) is 0 Å². The van der Waals surface area contributed by atoms with Crippen LogP contribution in [0, 0.1) is 0 Å². The maximum atomic E-state index is 4.37. The first-order valence-corrected chi connectivity index (χ1v) is 4.79. The summed E-state index contributed by atoms with van der Waals surface area (Å²) in [6.45, 7) is 0. The van der Waals surface area contributed by atoms with Gasteiger partial charge in [0.05, 0.1) is 0 Å². The molecule has 0 unspecified atom stereocenters. The maximum absolute atomic E-state index is 4.37. The van der Waals surface area contributed by atoms with E-state index in [4.69, 9.17) is 0 Å². The van der Waals surface area contributed by atoms with Crippen LogP contribution in [0.15, 0.2) is 0 Å². The van der Waals surface area contributed by atoms with Gasteiger partial charge in [-0.2, -0.15) is 0 Å². The number of hydrogen-bond acceptors (Lipinski definition) is 1. The van der Waals surface area contributed by atoms with Crippen molar-refractivity contribution in [3.63, 3.8) is 0 Å². The Morgan fingerprint density at radius 3 is 2.00 bits per heavy atom. The zero-order valence-corrected chi connectivity index (χ0v) is 5.13. The fourth-order valence-electron chi connectivity index (χ4n) is 0. The molecule has 4 heteroatoms. The molecule has 0 spiro atoms. The van der Waals surface area contributed by atoms with Gasteiger partial charge < -0.3 is 0 Å². The Bertz CT molecular complexity index is 53.4. The molecule has 0 saturated carbocycles. The standard InChI is InChI=1S/Fe.S3/c;1-3-2. The zero-order valence-electron chi connectivity index (χ0n) is 1.58. The van der Waals surface area contributed by atoms with Gasteiger partial charge in [0.15, 0.2) is 0 Å². The van der Waals surface area contributed by atoms with Crippen LogP contribution in [0.4, 0.5) is 0 Å². The molecular weight excluding hydrogens is 152 g/mol. The fourth-order valence-corrected chi connectivity index (χ4v) is 0. The van der Waals surface area contributed by atoms with E-state index in [-0.39, 0.29) is 0 Å².